The molecule has 11 heteroatoms. The Bertz CT molecular complexity index is 1460. The van der Waals surface area contributed by atoms with Crippen molar-refractivity contribution in [2.24, 2.45) is 0 Å². The first-order valence-corrected chi connectivity index (χ1v) is 12.8. The van der Waals surface area contributed by atoms with Crippen molar-refractivity contribution in [1.29, 1.82) is 0 Å². The number of thiazole rings is 1. The number of nitrogens with zero attached hydrogens (tertiary/aromatic N) is 4. The van der Waals surface area contributed by atoms with Crippen LogP contribution < -0.4 is 9.62 Å². The molecular formula is C22H22FN5O3S2. The number of anilines is 1. The van der Waals surface area contributed by atoms with Crippen LogP contribution in [-0.2, 0) is 10.0 Å². The van der Waals surface area contributed by atoms with Gasteiger partial charge in [-0.3, -0.25) is 9.10 Å². The summed E-state index contributed by atoms with van der Waals surface area (Å²) in [6.07, 6.45) is 1.14. The first-order chi connectivity index (χ1) is 15.6. The van der Waals surface area contributed by atoms with E-state index in [1.165, 1.54) is 51.6 Å². The molecule has 4 aromatic rings. The van der Waals surface area contributed by atoms with Gasteiger partial charge in [0.1, 0.15) is 11.5 Å². The summed E-state index contributed by atoms with van der Waals surface area (Å²) in [6, 6.07) is 9.00. The molecule has 0 bridgehead atoms. The fourth-order valence-corrected chi connectivity index (χ4v) is 5.30. The lowest BCUT2D eigenvalue weighted by Gasteiger charge is -2.23. The Morgan fingerprint density at radius 1 is 1.24 bits per heavy atom. The molecule has 1 amide bonds. The molecule has 1 N–H and O–H groups in total. The van der Waals surface area contributed by atoms with Gasteiger partial charge < -0.3 is 5.32 Å². The Morgan fingerprint density at radius 3 is 2.48 bits per heavy atom. The molecule has 0 aliphatic rings. The number of hydrogen-bond acceptors (Lipinski definition) is 6. The predicted octanol–water partition coefficient (Wildman–Crippen LogP) is 3.74. The van der Waals surface area contributed by atoms with Crippen LogP contribution in [0.1, 0.15) is 22.4 Å². The lowest BCUT2D eigenvalue weighted by atomic mass is 10.1. The SMILES string of the molecule is CCN(c1cc2nn(-c3ccc(F)cc3)c(C(=O)NC)c2cc1-c1csc(C)n1)S(C)(=O)=O. The summed E-state index contributed by atoms with van der Waals surface area (Å²) in [5.74, 6) is -0.794. The number of hydrogen-bond donors (Lipinski definition) is 1. The van der Waals surface area contributed by atoms with E-state index in [2.05, 4.69) is 15.4 Å². The van der Waals surface area contributed by atoms with E-state index in [9.17, 15) is 17.6 Å². The van der Waals surface area contributed by atoms with E-state index in [0.29, 0.717) is 33.5 Å². The van der Waals surface area contributed by atoms with Crippen LogP contribution in [0.15, 0.2) is 41.8 Å². The zero-order valence-electron chi connectivity index (χ0n) is 18.5. The highest BCUT2D eigenvalue weighted by Gasteiger charge is 2.26. The van der Waals surface area contributed by atoms with Crippen LogP contribution in [0.4, 0.5) is 10.1 Å². The number of benzene rings is 2. The summed E-state index contributed by atoms with van der Waals surface area (Å²) in [6.45, 7) is 3.82. The van der Waals surface area contributed by atoms with Crippen molar-refractivity contribution in [2.75, 3.05) is 24.2 Å². The summed E-state index contributed by atoms with van der Waals surface area (Å²) < 4.78 is 41.3. The van der Waals surface area contributed by atoms with Gasteiger partial charge >= 0.3 is 0 Å². The van der Waals surface area contributed by atoms with E-state index in [1.54, 1.807) is 19.1 Å². The van der Waals surface area contributed by atoms with Gasteiger partial charge in [-0.25, -0.2) is 22.5 Å². The summed E-state index contributed by atoms with van der Waals surface area (Å²) in [5, 5.41) is 10.4. The summed E-state index contributed by atoms with van der Waals surface area (Å²) in [7, 11) is -2.08. The first kappa shape index (κ1) is 22.9. The maximum Gasteiger partial charge on any atom is 0.270 e. The quantitative estimate of drug-likeness (QED) is 0.447. The van der Waals surface area contributed by atoms with Crippen molar-refractivity contribution >= 4 is 43.9 Å². The zero-order valence-corrected chi connectivity index (χ0v) is 20.1. The molecular weight excluding hydrogens is 465 g/mol. The number of aryl methyl sites for hydroxylation is 1. The molecule has 0 aliphatic heterocycles. The van der Waals surface area contributed by atoms with Gasteiger partial charge in [0.05, 0.1) is 33.8 Å². The normalized spacial score (nSPS) is 11.7. The molecule has 0 fully saturated rings. The fraction of sp³-hybridized carbons (Fsp3) is 0.227. The van der Waals surface area contributed by atoms with Gasteiger partial charge in [-0.15, -0.1) is 11.3 Å². The van der Waals surface area contributed by atoms with Gasteiger partial charge in [0.15, 0.2) is 0 Å². The molecule has 0 unspecified atom stereocenters. The second-order valence-electron chi connectivity index (χ2n) is 7.38. The summed E-state index contributed by atoms with van der Waals surface area (Å²) in [5.41, 5.74) is 2.77. The van der Waals surface area contributed by atoms with Gasteiger partial charge in [-0.2, -0.15) is 5.10 Å². The van der Waals surface area contributed by atoms with E-state index in [-0.39, 0.29) is 18.1 Å². The highest BCUT2D eigenvalue weighted by molar-refractivity contribution is 7.92. The monoisotopic (exact) mass is 487 g/mol. The van der Waals surface area contributed by atoms with Crippen LogP contribution in [0.25, 0.3) is 27.8 Å². The van der Waals surface area contributed by atoms with Crippen molar-refractivity contribution in [1.82, 2.24) is 20.1 Å². The molecule has 33 heavy (non-hydrogen) atoms. The standard InChI is InChI=1S/C22H22FN5O3S2/c1-5-27(33(4,30)31)20-11-18-17(10-16(20)19-12-32-13(2)25-19)21(22(29)24-3)28(26-18)15-8-6-14(23)7-9-15/h6-12H,5H2,1-4H3,(H,24,29). The Kier molecular flexibility index (Phi) is 5.93. The smallest absolute Gasteiger partial charge is 0.270 e. The van der Waals surface area contributed by atoms with Crippen LogP contribution in [0.2, 0.25) is 0 Å². The van der Waals surface area contributed by atoms with Gasteiger partial charge in [0.2, 0.25) is 10.0 Å². The highest BCUT2D eigenvalue weighted by Crippen LogP contribution is 2.37. The van der Waals surface area contributed by atoms with E-state index < -0.39 is 15.8 Å². The molecule has 172 valence electrons. The third-order valence-electron chi connectivity index (χ3n) is 5.15. The minimum atomic E-state index is -3.59. The summed E-state index contributed by atoms with van der Waals surface area (Å²) >= 11 is 1.44. The maximum atomic E-state index is 13.5. The number of fused-ring (bicyclic) bond motifs is 1. The van der Waals surface area contributed by atoms with Crippen molar-refractivity contribution in [3.05, 3.63) is 58.3 Å². The Hall–Kier alpha value is -3.31. The molecule has 0 aliphatic carbocycles. The molecule has 0 radical (unpaired) electrons. The Labute approximate surface area is 194 Å². The number of rotatable bonds is 6. The van der Waals surface area contributed by atoms with E-state index in [4.69, 9.17) is 0 Å². The predicted molar refractivity (Wildman–Crippen MR) is 128 cm³/mol. The van der Waals surface area contributed by atoms with Crippen LogP contribution in [0, 0.1) is 12.7 Å². The number of carbonyl (C=O) groups is 1. The molecule has 0 atom stereocenters. The number of aromatic nitrogens is 3. The molecule has 0 saturated heterocycles. The van der Waals surface area contributed by atoms with Gasteiger partial charge in [-0.1, -0.05) is 0 Å². The Balaban J connectivity index is 2.09. The first-order valence-electron chi connectivity index (χ1n) is 10.1. The topological polar surface area (TPSA) is 97.2 Å². The minimum absolute atomic E-state index is 0.210. The molecule has 4 rings (SSSR count). The van der Waals surface area contributed by atoms with Gasteiger partial charge in [0, 0.05) is 29.9 Å². The van der Waals surface area contributed by atoms with Crippen LogP contribution in [-0.4, -0.2) is 48.9 Å². The third-order valence-corrected chi connectivity index (χ3v) is 7.18. The Morgan fingerprint density at radius 2 is 1.94 bits per heavy atom. The van der Waals surface area contributed by atoms with E-state index in [1.807, 2.05) is 12.3 Å². The van der Waals surface area contributed by atoms with Crippen LogP contribution in [0.3, 0.4) is 0 Å². The molecule has 0 saturated carbocycles. The second-order valence-corrected chi connectivity index (χ2v) is 10.4. The zero-order chi connectivity index (χ0) is 23.9. The average Bonchev–Trinajstić information content (AvgIpc) is 3.36. The maximum absolute atomic E-state index is 13.5. The molecule has 2 heterocycles. The second kappa shape index (κ2) is 8.56. The lowest BCUT2D eigenvalue weighted by Crippen LogP contribution is -2.30. The number of halogens is 1. The molecule has 2 aromatic heterocycles. The number of sulfonamides is 1. The molecule has 8 nitrogen and oxygen atoms in total. The fourth-order valence-electron chi connectivity index (χ4n) is 3.71. The average molecular weight is 488 g/mol. The van der Waals surface area contributed by atoms with E-state index in [0.717, 1.165) is 11.3 Å². The third kappa shape index (κ3) is 4.21. The number of amides is 1. The molecule has 0 spiro atoms. The van der Waals surface area contributed by atoms with Crippen molar-refractivity contribution < 1.29 is 17.6 Å². The summed E-state index contributed by atoms with van der Waals surface area (Å²) in [4.78, 5) is 17.4. The molecule has 2 aromatic carbocycles. The van der Waals surface area contributed by atoms with Crippen LogP contribution in [0.5, 0.6) is 0 Å². The largest absolute Gasteiger partial charge is 0.354 e. The van der Waals surface area contributed by atoms with E-state index >= 15 is 0 Å². The van der Waals surface area contributed by atoms with Gasteiger partial charge in [-0.05, 0) is 50.2 Å². The van der Waals surface area contributed by atoms with Crippen molar-refractivity contribution in [3.8, 4) is 16.9 Å². The van der Waals surface area contributed by atoms with Crippen molar-refractivity contribution in [3.63, 3.8) is 0 Å². The minimum Gasteiger partial charge on any atom is -0.354 e. The van der Waals surface area contributed by atoms with Crippen LogP contribution >= 0.6 is 11.3 Å². The van der Waals surface area contributed by atoms with Gasteiger partial charge in [0.25, 0.3) is 5.91 Å². The highest BCUT2D eigenvalue weighted by atomic mass is 32.2. The number of carbonyl (C=O) groups excluding carboxylic acids is 1. The van der Waals surface area contributed by atoms with Crippen molar-refractivity contribution in [2.45, 2.75) is 13.8 Å². The number of nitrogens with one attached hydrogen (secondary N) is 1. The lowest BCUT2D eigenvalue weighted by molar-refractivity contribution is 0.0957.